The SMILES string of the molecule is O=C(c1cccnc1Oc1cc(Cl)ccc1Cl)N1CCOc2ccc(F)cc21. The van der Waals surface area contributed by atoms with Crippen LogP contribution in [0.5, 0.6) is 17.4 Å². The van der Waals surface area contributed by atoms with Gasteiger partial charge in [-0.15, -0.1) is 0 Å². The number of rotatable bonds is 3. The summed E-state index contributed by atoms with van der Waals surface area (Å²) in [6.07, 6.45) is 1.50. The Morgan fingerprint density at radius 2 is 2.04 bits per heavy atom. The average Bonchev–Trinajstić information content (AvgIpc) is 2.70. The molecule has 1 aliphatic heterocycles. The van der Waals surface area contributed by atoms with Crippen molar-refractivity contribution in [2.24, 2.45) is 0 Å². The summed E-state index contributed by atoms with van der Waals surface area (Å²) < 4.78 is 25.0. The maximum absolute atomic E-state index is 13.7. The number of hydrogen-bond donors (Lipinski definition) is 0. The standard InChI is InChI=1S/C20H13Cl2FN2O3/c21-12-3-5-15(22)18(10-12)28-19-14(2-1-7-24-19)20(26)25-8-9-27-17-6-4-13(23)11-16(17)25/h1-7,10-11H,8-9H2. The van der Waals surface area contributed by atoms with Gasteiger partial charge in [-0.2, -0.15) is 0 Å². The zero-order chi connectivity index (χ0) is 19.7. The van der Waals surface area contributed by atoms with E-state index in [1.807, 2.05) is 0 Å². The van der Waals surface area contributed by atoms with Gasteiger partial charge in [-0.1, -0.05) is 23.2 Å². The number of amides is 1. The van der Waals surface area contributed by atoms with Crippen LogP contribution in [0.4, 0.5) is 10.1 Å². The summed E-state index contributed by atoms with van der Waals surface area (Å²) in [6, 6.07) is 12.0. The van der Waals surface area contributed by atoms with E-state index in [0.717, 1.165) is 0 Å². The highest BCUT2D eigenvalue weighted by atomic mass is 35.5. The largest absolute Gasteiger partial charge is 0.490 e. The maximum atomic E-state index is 13.7. The van der Waals surface area contributed by atoms with Gasteiger partial charge in [0, 0.05) is 23.4 Å². The van der Waals surface area contributed by atoms with Crippen LogP contribution in [-0.2, 0) is 0 Å². The van der Waals surface area contributed by atoms with Crippen LogP contribution in [0.2, 0.25) is 10.0 Å². The topological polar surface area (TPSA) is 51.7 Å². The molecule has 1 aromatic heterocycles. The second-order valence-electron chi connectivity index (χ2n) is 5.95. The molecule has 0 aliphatic carbocycles. The first-order valence-electron chi connectivity index (χ1n) is 8.35. The van der Waals surface area contributed by atoms with Crippen molar-refractivity contribution in [3.05, 3.63) is 76.2 Å². The molecule has 0 bridgehead atoms. The van der Waals surface area contributed by atoms with Crippen molar-refractivity contribution in [2.75, 3.05) is 18.1 Å². The van der Waals surface area contributed by atoms with E-state index in [1.54, 1.807) is 24.3 Å². The van der Waals surface area contributed by atoms with Crippen molar-refractivity contribution in [2.45, 2.75) is 0 Å². The van der Waals surface area contributed by atoms with Gasteiger partial charge >= 0.3 is 0 Å². The molecule has 5 nitrogen and oxygen atoms in total. The van der Waals surface area contributed by atoms with Gasteiger partial charge < -0.3 is 14.4 Å². The summed E-state index contributed by atoms with van der Waals surface area (Å²) in [5, 5.41) is 0.757. The molecule has 0 radical (unpaired) electrons. The molecule has 2 aromatic carbocycles. The van der Waals surface area contributed by atoms with Crippen LogP contribution in [0.3, 0.4) is 0 Å². The normalized spacial score (nSPS) is 12.9. The van der Waals surface area contributed by atoms with Crippen molar-refractivity contribution in [1.82, 2.24) is 4.98 Å². The van der Waals surface area contributed by atoms with Gasteiger partial charge in [0.05, 0.1) is 17.3 Å². The van der Waals surface area contributed by atoms with E-state index in [4.69, 9.17) is 32.7 Å². The number of hydrogen-bond acceptors (Lipinski definition) is 4. The molecule has 4 rings (SSSR count). The molecule has 1 aliphatic rings. The fourth-order valence-corrected chi connectivity index (χ4v) is 3.16. The minimum absolute atomic E-state index is 0.0705. The molecule has 0 unspecified atom stereocenters. The van der Waals surface area contributed by atoms with Crippen LogP contribution < -0.4 is 14.4 Å². The lowest BCUT2D eigenvalue weighted by Gasteiger charge is -2.29. The lowest BCUT2D eigenvalue weighted by atomic mass is 10.1. The van der Waals surface area contributed by atoms with Gasteiger partial charge in [0.2, 0.25) is 5.88 Å². The second kappa shape index (κ2) is 7.66. The number of fused-ring (bicyclic) bond motifs is 1. The van der Waals surface area contributed by atoms with Crippen LogP contribution >= 0.6 is 23.2 Å². The fraction of sp³-hybridized carbons (Fsp3) is 0.100. The van der Waals surface area contributed by atoms with Crippen molar-refractivity contribution >= 4 is 34.8 Å². The lowest BCUT2D eigenvalue weighted by Crippen LogP contribution is -2.38. The van der Waals surface area contributed by atoms with Crippen LogP contribution in [-0.4, -0.2) is 24.0 Å². The number of carbonyl (C=O) groups is 1. The van der Waals surface area contributed by atoms with Crippen molar-refractivity contribution in [3.8, 4) is 17.4 Å². The number of aromatic nitrogens is 1. The molecule has 8 heteroatoms. The summed E-state index contributed by atoms with van der Waals surface area (Å²) in [5.41, 5.74) is 0.558. The molecule has 0 fully saturated rings. The first kappa shape index (κ1) is 18.5. The second-order valence-corrected chi connectivity index (χ2v) is 6.79. The van der Waals surface area contributed by atoms with E-state index in [0.29, 0.717) is 28.1 Å². The molecule has 3 aromatic rings. The Kier molecular flexibility index (Phi) is 5.07. The van der Waals surface area contributed by atoms with Gasteiger partial charge in [-0.3, -0.25) is 4.79 Å². The zero-order valence-corrected chi connectivity index (χ0v) is 15.9. The number of anilines is 1. The highest BCUT2D eigenvalue weighted by Gasteiger charge is 2.28. The number of ether oxygens (including phenoxy) is 2. The molecule has 142 valence electrons. The highest BCUT2D eigenvalue weighted by molar-refractivity contribution is 6.34. The van der Waals surface area contributed by atoms with E-state index in [2.05, 4.69) is 4.98 Å². The van der Waals surface area contributed by atoms with Crippen LogP contribution in [0.1, 0.15) is 10.4 Å². The summed E-state index contributed by atoms with van der Waals surface area (Å²) in [6.45, 7) is 0.558. The molecule has 0 saturated carbocycles. The summed E-state index contributed by atoms with van der Waals surface area (Å²) in [5.74, 6) is -0.0754. The van der Waals surface area contributed by atoms with E-state index in [1.165, 1.54) is 35.4 Å². The monoisotopic (exact) mass is 418 g/mol. The smallest absolute Gasteiger partial charge is 0.264 e. The first-order chi connectivity index (χ1) is 13.5. The zero-order valence-electron chi connectivity index (χ0n) is 14.4. The predicted octanol–water partition coefficient (Wildman–Crippen LogP) is 5.36. The molecule has 0 spiro atoms. The van der Waals surface area contributed by atoms with Crippen molar-refractivity contribution < 1.29 is 18.7 Å². The van der Waals surface area contributed by atoms with Gasteiger partial charge in [0.25, 0.3) is 5.91 Å². The van der Waals surface area contributed by atoms with Gasteiger partial charge in [0.15, 0.2) is 0 Å². The number of pyridine rings is 1. The Labute approximate surface area is 170 Å². The van der Waals surface area contributed by atoms with E-state index in [9.17, 15) is 9.18 Å². The molecule has 0 atom stereocenters. The van der Waals surface area contributed by atoms with Crippen molar-refractivity contribution in [1.29, 1.82) is 0 Å². The summed E-state index contributed by atoms with van der Waals surface area (Å²) in [7, 11) is 0. The lowest BCUT2D eigenvalue weighted by molar-refractivity contribution is 0.0973. The fourth-order valence-electron chi connectivity index (χ4n) is 2.84. The molecule has 28 heavy (non-hydrogen) atoms. The number of benzene rings is 2. The van der Waals surface area contributed by atoms with Crippen LogP contribution in [0.15, 0.2) is 54.7 Å². The average molecular weight is 419 g/mol. The van der Waals surface area contributed by atoms with E-state index >= 15 is 0 Å². The Bertz CT molecular complexity index is 1060. The minimum Gasteiger partial charge on any atom is -0.490 e. The van der Waals surface area contributed by atoms with Gasteiger partial charge in [-0.25, -0.2) is 9.37 Å². The van der Waals surface area contributed by atoms with E-state index in [-0.39, 0.29) is 23.7 Å². The minimum atomic E-state index is -0.463. The molecular weight excluding hydrogens is 406 g/mol. The van der Waals surface area contributed by atoms with Crippen molar-refractivity contribution in [3.63, 3.8) is 0 Å². The molecule has 0 saturated heterocycles. The molecule has 2 heterocycles. The van der Waals surface area contributed by atoms with Gasteiger partial charge in [-0.05, 0) is 36.4 Å². The number of nitrogens with zero attached hydrogens (tertiary/aromatic N) is 2. The third kappa shape index (κ3) is 3.61. The summed E-state index contributed by atoms with van der Waals surface area (Å²) in [4.78, 5) is 18.8. The maximum Gasteiger partial charge on any atom is 0.264 e. The first-order valence-corrected chi connectivity index (χ1v) is 9.10. The van der Waals surface area contributed by atoms with Crippen LogP contribution in [0.25, 0.3) is 0 Å². The third-order valence-corrected chi connectivity index (χ3v) is 4.68. The Morgan fingerprint density at radius 1 is 1.18 bits per heavy atom. The summed E-state index contributed by atoms with van der Waals surface area (Å²) >= 11 is 12.1. The predicted molar refractivity (Wildman–Crippen MR) is 104 cm³/mol. The Balaban J connectivity index is 1.70. The molecule has 0 N–H and O–H groups in total. The van der Waals surface area contributed by atoms with E-state index < -0.39 is 11.7 Å². The van der Waals surface area contributed by atoms with Gasteiger partial charge in [0.1, 0.15) is 29.5 Å². The quantitative estimate of drug-likeness (QED) is 0.574. The highest BCUT2D eigenvalue weighted by Crippen LogP contribution is 2.36. The number of halogens is 3. The molecule has 1 amide bonds. The van der Waals surface area contributed by atoms with Crippen LogP contribution in [0, 0.1) is 5.82 Å². The third-order valence-electron chi connectivity index (χ3n) is 4.13. The Hall–Kier alpha value is -2.83. The number of carbonyl (C=O) groups excluding carboxylic acids is 1. The molecular formula is C20H13Cl2FN2O3. The Morgan fingerprint density at radius 3 is 2.89 bits per heavy atom.